The summed E-state index contributed by atoms with van der Waals surface area (Å²) in [7, 11) is 0. The van der Waals surface area contributed by atoms with Gasteiger partial charge < -0.3 is 0 Å². The van der Waals surface area contributed by atoms with Crippen molar-refractivity contribution in [2.24, 2.45) is 0 Å². The van der Waals surface area contributed by atoms with Gasteiger partial charge in [-0.05, 0) is 64.5 Å². The third-order valence-corrected chi connectivity index (χ3v) is 7.92. The molecule has 0 radical (unpaired) electrons. The van der Waals surface area contributed by atoms with Crippen molar-refractivity contribution in [3.05, 3.63) is 105 Å². The molecule has 5 rings (SSSR count). The first-order valence-electron chi connectivity index (χ1n) is 11.3. The Hall–Kier alpha value is -3.34. The summed E-state index contributed by atoms with van der Waals surface area (Å²) < 4.78 is 45.5. The lowest BCUT2D eigenvalue weighted by molar-refractivity contribution is 0.566. The van der Waals surface area contributed by atoms with Crippen LogP contribution < -0.4 is 0 Å². The molecule has 0 fully saturated rings. The molecule has 0 aliphatic rings. The Kier molecular flexibility index (Phi) is 7.21. The van der Waals surface area contributed by atoms with E-state index < -0.39 is 17.0 Å². The Morgan fingerprint density at radius 2 is 1.66 bits per heavy atom. The van der Waals surface area contributed by atoms with Gasteiger partial charge in [-0.1, -0.05) is 54.9 Å². The van der Waals surface area contributed by atoms with Gasteiger partial charge in [0, 0.05) is 28.0 Å². The summed E-state index contributed by atoms with van der Waals surface area (Å²) in [5.41, 5.74) is 1.74. The maximum atomic E-state index is 14.9. The fraction of sp³-hybridized carbons (Fsp3) is 0.154. The Morgan fingerprint density at radius 3 is 2.29 bits per heavy atom. The monoisotopic (exact) mass is 574 g/mol. The summed E-state index contributed by atoms with van der Waals surface area (Å²) in [4.78, 5) is 4.58. The van der Waals surface area contributed by atoms with Gasteiger partial charge in [0.05, 0.1) is 21.9 Å². The fourth-order valence-electron chi connectivity index (χ4n) is 4.05. The lowest BCUT2D eigenvalue weighted by atomic mass is 9.81. The standard InChI is InChI=1S/C26H19Cl2F3N6S/c1-26(2,15-3-8-19(27)20(28)11-15)23-12-32-25(37(23)17-6-4-16(29)5-7-17)38-13-18-21(30)9-14(10-22(18)31)24-33-35-36-34-24/h3-12H,13H2,1-2H3,(H,33,34,35,36). The van der Waals surface area contributed by atoms with E-state index >= 15 is 0 Å². The van der Waals surface area contributed by atoms with E-state index in [0.29, 0.717) is 20.9 Å². The summed E-state index contributed by atoms with van der Waals surface area (Å²) in [5, 5.41) is 14.4. The largest absolute Gasteiger partial charge is 0.291 e. The Bertz CT molecular complexity index is 1580. The zero-order chi connectivity index (χ0) is 27.0. The first kappa shape index (κ1) is 26.3. The highest BCUT2D eigenvalue weighted by atomic mass is 35.5. The van der Waals surface area contributed by atoms with E-state index in [9.17, 15) is 13.2 Å². The number of nitrogens with zero attached hydrogens (tertiary/aromatic N) is 5. The minimum absolute atomic E-state index is 0.0442. The van der Waals surface area contributed by atoms with Crippen molar-refractivity contribution >= 4 is 35.0 Å². The number of thioether (sulfide) groups is 1. The molecule has 0 bridgehead atoms. The number of imidazole rings is 1. The van der Waals surface area contributed by atoms with Crippen molar-refractivity contribution in [2.75, 3.05) is 0 Å². The lowest BCUT2D eigenvalue weighted by Gasteiger charge is -2.28. The molecule has 0 spiro atoms. The molecule has 0 unspecified atom stereocenters. The maximum Gasteiger partial charge on any atom is 0.179 e. The summed E-state index contributed by atoms with van der Waals surface area (Å²) >= 11 is 13.6. The summed E-state index contributed by atoms with van der Waals surface area (Å²) in [6, 6.07) is 13.7. The number of aromatic nitrogens is 6. The second-order valence-electron chi connectivity index (χ2n) is 8.95. The van der Waals surface area contributed by atoms with Gasteiger partial charge in [-0.2, -0.15) is 0 Å². The summed E-state index contributed by atoms with van der Waals surface area (Å²) in [6.45, 7) is 3.99. The molecule has 0 aliphatic carbocycles. The molecule has 5 aromatic rings. The third-order valence-electron chi connectivity index (χ3n) is 6.20. The molecule has 38 heavy (non-hydrogen) atoms. The predicted octanol–water partition coefficient (Wildman–Crippen LogP) is 7.39. The van der Waals surface area contributed by atoms with Gasteiger partial charge in [-0.15, -0.1) is 5.10 Å². The van der Waals surface area contributed by atoms with E-state index in [1.165, 1.54) is 24.3 Å². The molecule has 12 heteroatoms. The van der Waals surface area contributed by atoms with Crippen molar-refractivity contribution in [2.45, 2.75) is 30.2 Å². The van der Waals surface area contributed by atoms with Crippen LogP contribution in [-0.2, 0) is 11.2 Å². The van der Waals surface area contributed by atoms with Crippen LogP contribution in [0.5, 0.6) is 0 Å². The summed E-state index contributed by atoms with van der Waals surface area (Å²) in [5.74, 6) is -1.75. The van der Waals surface area contributed by atoms with Crippen LogP contribution in [0.2, 0.25) is 10.0 Å². The quantitative estimate of drug-likeness (QED) is 0.205. The van der Waals surface area contributed by atoms with Crippen molar-refractivity contribution in [1.29, 1.82) is 0 Å². The molecular weight excluding hydrogens is 556 g/mol. The number of hydrogen-bond acceptors (Lipinski definition) is 5. The van der Waals surface area contributed by atoms with E-state index in [2.05, 4.69) is 25.6 Å². The minimum Gasteiger partial charge on any atom is -0.291 e. The van der Waals surface area contributed by atoms with Crippen LogP contribution in [0.1, 0.15) is 30.7 Å². The zero-order valence-electron chi connectivity index (χ0n) is 20.0. The Labute approximate surface area is 230 Å². The molecule has 1 N–H and O–H groups in total. The highest BCUT2D eigenvalue weighted by Crippen LogP contribution is 2.39. The van der Waals surface area contributed by atoms with Crippen molar-refractivity contribution < 1.29 is 13.2 Å². The zero-order valence-corrected chi connectivity index (χ0v) is 22.3. The van der Waals surface area contributed by atoms with Crippen LogP contribution >= 0.6 is 35.0 Å². The number of nitrogens with one attached hydrogen (secondary N) is 1. The van der Waals surface area contributed by atoms with Gasteiger partial charge in [0.25, 0.3) is 0 Å². The van der Waals surface area contributed by atoms with Gasteiger partial charge >= 0.3 is 0 Å². The molecule has 2 aromatic heterocycles. The topological polar surface area (TPSA) is 72.3 Å². The van der Waals surface area contributed by atoms with Gasteiger partial charge in [-0.25, -0.2) is 23.3 Å². The van der Waals surface area contributed by atoms with Crippen molar-refractivity contribution in [1.82, 2.24) is 30.2 Å². The molecule has 0 aliphatic heterocycles. The smallest absolute Gasteiger partial charge is 0.179 e. The summed E-state index contributed by atoms with van der Waals surface area (Å²) in [6.07, 6.45) is 1.70. The maximum absolute atomic E-state index is 14.9. The number of hydrogen-bond donors (Lipinski definition) is 1. The molecule has 0 saturated carbocycles. The average molecular weight is 575 g/mol. The van der Waals surface area contributed by atoms with Crippen LogP contribution in [-0.4, -0.2) is 30.2 Å². The van der Waals surface area contributed by atoms with Crippen molar-refractivity contribution in [3.63, 3.8) is 0 Å². The van der Waals surface area contributed by atoms with Crippen LogP contribution in [0.25, 0.3) is 17.1 Å². The molecule has 0 amide bonds. The molecule has 6 nitrogen and oxygen atoms in total. The molecule has 2 heterocycles. The number of halogens is 5. The van der Waals surface area contributed by atoms with Gasteiger partial charge in [-0.3, -0.25) is 4.57 Å². The second kappa shape index (κ2) is 10.4. The number of tetrazole rings is 1. The van der Waals surface area contributed by atoms with Crippen LogP contribution in [0.4, 0.5) is 13.2 Å². The van der Waals surface area contributed by atoms with E-state index in [-0.39, 0.29) is 28.5 Å². The Morgan fingerprint density at radius 1 is 0.947 bits per heavy atom. The predicted molar refractivity (Wildman–Crippen MR) is 141 cm³/mol. The van der Waals surface area contributed by atoms with Gasteiger partial charge in [0.2, 0.25) is 0 Å². The number of H-pyrrole nitrogens is 1. The first-order chi connectivity index (χ1) is 18.1. The molecule has 194 valence electrons. The highest BCUT2D eigenvalue weighted by Gasteiger charge is 2.30. The SMILES string of the molecule is CC(C)(c1ccc(Cl)c(Cl)c1)c1cnc(SCc2c(F)cc(-c3nnn[nH]3)cc2F)n1-c1ccc(F)cc1. The fourth-order valence-corrected chi connectivity index (χ4v) is 5.35. The molecule has 0 saturated heterocycles. The molecule has 3 aromatic carbocycles. The Balaban J connectivity index is 1.53. The van der Waals surface area contributed by atoms with Crippen molar-refractivity contribution in [3.8, 4) is 17.1 Å². The van der Waals surface area contributed by atoms with Crippen LogP contribution in [0, 0.1) is 17.5 Å². The van der Waals surface area contributed by atoms with E-state index in [0.717, 1.165) is 23.0 Å². The van der Waals surface area contributed by atoms with E-state index in [1.54, 1.807) is 30.5 Å². The van der Waals surface area contributed by atoms with Gasteiger partial charge in [0.15, 0.2) is 11.0 Å². The molecule has 0 atom stereocenters. The van der Waals surface area contributed by atoms with E-state index in [1.807, 2.05) is 24.5 Å². The van der Waals surface area contributed by atoms with E-state index in [4.69, 9.17) is 23.2 Å². The number of rotatable bonds is 7. The first-order valence-corrected chi connectivity index (χ1v) is 13.0. The highest BCUT2D eigenvalue weighted by molar-refractivity contribution is 7.98. The number of aromatic amines is 1. The lowest BCUT2D eigenvalue weighted by Crippen LogP contribution is -2.23. The number of benzene rings is 3. The molecular formula is C26H19Cl2F3N6S. The average Bonchev–Trinajstić information content (AvgIpc) is 3.56. The third kappa shape index (κ3) is 5.03. The van der Waals surface area contributed by atoms with Gasteiger partial charge in [0.1, 0.15) is 17.5 Å². The minimum atomic E-state index is -0.736. The van der Waals surface area contributed by atoms with Crippen LogP contribution in [0.3, 0.4) is 0 Å². The van der Waals surface area contributed by atoms with Crippen LogP contribution in [0.15, 0.2) is 66.0 Å². The normalized spacial score (nSPS) is 11.8. The second-order valence-corrected chi connectivity index (χ2v) is 10.7.